The Hall–Kier alpha value is -2.71. The number of nitrogens with zero attached hydrogens (tertiary/aromatic N) is 1. The van der Waals surface area contributed by atoms with Crippen LogP contribution in [0.2, 0.25) is 0 Å². The lowest BCUT2D eigenvalue weighted by molar-refractivity contribution is -0.114. The smallest absolute Gasteiger partial charge is 0.265 e. The highest BCUT2D eigenvalue weighted by Gasteiger charge is 2.35. The number of fused-ring (bicyclic) bond motifs is 3. The van der Waals surface area contributed by atoms with Gasteiger partial charge in [0.1, 0.15) is 12.4 Å². The fourth-order valence-electron chi connectivity index (χ4n) is 3.14. The third kappa shape index (κ3) is 3.29. The summed E-state index contributed by atoms with van der Waals surface area (Å²) in [4.78, 5) is 12.7. The summed E-state index contributed by atoms with van der Waals surface area (Å²) in [5.74, 6) is -0.948. The molecule has 142 valence electrons. The standard InChI is InChI=1S/C20H14BrFN2O3S/c21-13-5-10-18-17(11-13)16-3-1-2-4-19(16)28(26,27)24(18)12-20(25)23-15-8-6-14(22)7-9-15/h1-11H,12H2,(H,23,25). The molecule has 0 radical (unpaired) electrons. The van der Waals surface area contributed by atoms with E-state index < -0.39 is 28.3 Å². The van der Waals surface area contributed by atoms with E-state index in [1.165, 1.54) is 30.3 Å². The van der Waals surface area contributed by atoms with Gasteiger partial charge in [0.2, 0.25) is 5.91 Å². The van der Waals surface area contributed by atoms with E-state index in [-0.39, 0.29) is 4.90 Å². The summed E-state index contributed by atoms with van der Waals surface area (Å²) in [5, 5.41) is 2.60. The number of halogens is 2. The van der Waals surface area contributed by atoms with E-state index >= 15 is 0 Å². The van der Waals surface area contributed by atoms with Gasteiger partial charge in [-0.15, -0.1) is 0 Å². The van der Waals surface area contributed by atoms with E-state index in [9.17, 15) is 17.6 Å². The topological polar surface area (TPSA) is 66.5 Å². The van der Waals surface area contributed by atoms with E-state index in [4.69, 9.17) is 0 Å². The van der Waals surface area contributed by atoms with Crippen molar-refractivity contribution in [3.05, 3.63) is 77.0 Å². The molecular weight excluding hydrogens is 447 g/mol. The Morgan fingerprint density at radius 1 is 1.00 bits per heavy atom. The summed E-state index contributed by atoms with van der Waals surface area (Å²) in [6.45, 7) is -0.400. The Balaban J connectivity index is 1.72. The van der Waals surface area contributed by atoms with Crippen LogP contribution in [-0.2, 0) is 14.8 Å². The number of hydrogen-bond acceptors (Lipinski definition) is 3. The van der Waals surface area contributed by atoms with Crippen molar-refractivity contribution in [1.82, 2.24) is 0 Å². The number of carbonyl (C=O) groups is 1. The molecule has 3 aromatic carbocycles. The second-order valence-electron chi connectivity index (χ2n) is 6.22. The molecule has 1 heterocycles. The minimum absolute atomic E-state index is 0.148. The number of nitrogens with one attached hydrogen (secondary N) is 1. The van der Waals surface area contributed by atoms with Crippen molar-refractivity contribution < 1.29 is 17.6 Å². The highest BCUT2D eigenvalue weighted by Crippen LogP contribution is 2.43. The monoisotopic (exact) mass is 460 g/mol. The van der Waals surface area contributed by atoms with Crippen LogP contribution in [0.1, 0.15) is 0 Å². The van der Waals surface area contributed by atoms with Gasteiger partial charge in [-0.1, -0.05) is 34.1 Å². The molecule has 0 spiro atoms. The van der Waals surface area contributed by atoms with Crippen molar-refractivity contribution in [2.45, 2.75) is 4.90 Å². The molecule has 0 saturated carbocycles. The average Bonchev–Trinajstić information content (AvgIpc) is 2.67. The molecule has 0 aromatic heterocycles. The van der Waals surface area contributed by atoms with E-state index in [0.29, 0.717) is 16.9 Å². The Bertz CT molecular complexity index is 1180. The Morgan fingerprint density at radius 3 is 2.46 bits per heavy atom. The number of rotatable bonds is 3. The van der Waals surface area contributed by atoms with Crippen LogP contribution in [0, 0.1) is 5.82 Å². The molecule has 0 atom stereocenters. The first-order valence-electron chi connectivity index (χ1n) is 8.33. The minimum Gasteiger partial charge on any atom is -0.325 e. The number of carbonyl (C=O) groups excluding carboxylic acids is 1. The zero-order chi connectivity index (χ0) is 19.9. The molecule has 1 amide bonds. The molecule has 1 N–H and O–H groups in total. The second kappa shape index (κ2) is 7.03. The van der Waals surface area contributed by atoms with Gasteiger partial charge in [-0.05, 0) is 48.5 Å². The molecule has 0 aliphatic carbocycles. The number of amides is 1. The number of hydrogen-bond donors (Lipinski definition) is 1. The van der Waals surface area contributed by atoms with Crippen LogP contribution in [0.3, 0.4) is 0 Å². The summed E-state index contributed by atoms with van der Waals surface area (Å²) < 4.78 is 41.3. The van der Waals surface area contributed by atoms with E-state index in [2.05, 4.69) is 21.2 Å². The van der Waals surface area contributed by atoms with Crippen LogP contribution in [0.15, 0.2) is 76.1 Å². The summed E-state index contributed by atoms with van der Waals surface area (Å²) in [7, 11) is -3.91. The number of anilines is 2. The van der Waals surface area contributed by atoms with Crippen LogP contribution >= 0.6 is 15.9 Å². The van der Waals surface area contributed by atoms with Gasteiger partial charge in [0, 0.05) is 21.3 Å². The lowest BCUT2D eigenvalue weighted by atomic mass is 10.0. The van der Waals surface area contributed by atoms with Gasteiger partial charge in [0.15, 0.2) is 0 Å². The fraction of sp³-hybridized carbons (Fsp3) is 0.0500. The Kier molecular flexibility index (Phi) is 4.68. The SMILES string of the molecule is O=C(CN1c2ccc(Br)cc2-c2ccccc2S1(=O)=O)Nc1ccc(F)cc1. The predicted octanol–water partition coefficient (Wildman–Crippen LogP) is 4.40. The number of sulfonamides is 1. The molecule has 0 saturated heterocycles. The van der Waals surface area contributed by atoms with Gasteiger partial charge in [0.25, 0.3) is 10.0 Å². The maximum absolute atomic E-state index is 13.2. The lowest BCUT2D eigenvalue weighted by Crippen LogP contribution is -2.40. The van der Waals surface area contributed by atoms with E-state index in [1.807, 2.05) is 6.07 Å². The van der Waals surface area contributed by atoms with Crippen LogP contribution in [0.25, 0.3) is 11.1 Å². The summed E-state index contributed by atoms with van der Waals surface area (Å²) in [6, 6.07) is 17.2. The zero-order valence-corrected chi connectivity index (χ0v) is 16.8. The molecule has 1 aliphatic heterocycles. The van der Waals surface area contributed by atoms with Gasteiger partial charge in [-0.2, -0.15) is 0 Å². The summed E-state index contributed by atoms with van der Waals surface area (Å²) >= 11 is 3.41. The molecule has 0 fully saturated rings. The molecule has 0 unspecified atom stereocenters. The normalized spacial score (nSPS) is 14.1. The maximum Gasteiger partial charge on any atom is 0.265 e. The largest absolute Gasteiger partial charge is 0.325 e. The first-order valence-corrected chi connectivity index (χ1v) is 10.6. The summed E-state index contributed by atoms with van der Waals surface area (Å²) in [5.41, 5.74) is 2.12. The Morgan fingerprint density at radius 2 is 1.71 bits per heavy atom. The quantitative estimate of drug-likeness (QED) is 0.629. The molecule has 1 aliphatic rings. The Labute approximate surface area is 170 Å². The minimum atomic E-state index is -3.91. The van der Waals surface area contributed by atoms with Crippen molar-refractivity contribution in [3.63, 3.8) is 0 Å². The van der Waals surface area contributed by atoms with Crippen molar-refractivity contribution >= 4 is 43.2 Å². The fourth-order valence-corrected chi connectivity index (χ4v) is 5.15. The van der Waals surface area contributed by atoms with E-state index in [1.54, 1.807) is 30.3 Å². The van der Waals surface area contributed by atoms with Gasteiger partial charge in [0.05, 0.1) is 10.6 Å². The van der Waals surface area contributed by atoms with Crippen LogP contribution in [0.5, 0.6) is 0 Å². The predicted molar refractivity (Wildman–Crippen MR) is 109 cm³/mol. The summed E-state index contributed by atoms with van der Waals surface area (Å²) in [6.07, 6.45) is 0. The molecular formula is C20H14BrFN2O3S. The van der Waals surface area contributed by atoms with Crippen molar-refractivity contribution in [2.24, 2.45) is 0 Å². The molecule has 4 rings (SSSR count). The van der Waals surface area contributed by atoms with Crippen LogP contribution in [-0.4, -0.2) is 20.9 Å². The molecule has 8 heteroatoms. The average molecular weight is 461 g/mol. The molecule has 5 nitrogen and oxygen atoms in total. The molecule has 3 aromatic rings. The first-order chi connectivity index (χ1) is 13.4. The second-order valence-corrected chi connectivity index (χ2v) is 8.97. The van der Waals surface area contributed by atoms with E-state index in [0.717, 1.165) is 14.3 Å². The van der Waals surface area contributed by atoms with Gasteiger partial charge >= 0.3 is 0 Å². The van der Waals surface area contributed by atoms with Crippen LogP contribution < -0.4 is 9.62 Å². The first kappa shape index (κ1) is 18.6. The van der Waals surface area contributed by atoms with Gasteiger partial charge < -0.3 is 5.32 Å². The van der Waals surface area contributed by atoms with Crippen molar-refractivity contribution in [1.29, 1.82) is 0 Å². The van der Waals surface area contributed by atoms with Crippen LogP contribution in [0.4, 0.5) is 15.8 Å². The molecule has 28 heavy (non-hydrogen) atoms. The third-order valence-electron chi connectivity index (χ3n) is 4.39. The van der Waals surface area contributed by atoms with Gasteiger partial charge in [-0.3, -0.25) is 9.10 Å². The third-order valence-corrected chi connectivity index (χ3v) is 6.70. The molecule has 0 bridgehead atoms. The number of benzene rings is 3. The van der Waals surface area contributed by atoms with Crippen molar-refractivity contribution in [3.8, 4) is 11.1 Å². The van der Waals surface area contributed by atoms with Gasteiger partial charge in [-0.25, -0.2) is 12.8 Å². The highest BCUT2D eigenvalue weighted by atomic mass is 79.9. The maximum atomic E-state index is 13.2. The highest BCUT2D eigenvalue weighted by molar-refractivity contribution is 9.10. The van der Waals surface area contributed by atoms with Crippen molar-refractivity contribution in [2.75, 3.05) is 16.2 Å². The zero-order valence-electron chi connectivity index (χ0n) is 14.4. The lowest BCUT2D eigenvalue weighted by Gasteiger charge is -2.31.